The molecule has 0 amide bonds. The van der Waals surface area contributed by atoms with Gasteiger partial charge < -0.3 is 5.73 Å². The summed E-state index contributed by atoms with van der Waals surface area (Å²) in [5.74, 6) is 0.265. The van der Waals surface area contributed by atoms with Crippen LogP contribution in [0.5, 0.6) is 0 Å². The fourth-order valence-corrected chi connectivity index (χ4v) is 1.44. The van der Waals surface area contributed by atoms with Gasteiger partial charge in [-0.25, -0.2) is 9.67 Å². The average molecular weight is 248 g/mol. The molecule has 0 radical (unpaired) electrons. The summed E-state index contributed by atoms with van der Waals surface area (Å²) in [7, 11) is 0. The predicted molar refractivity (Wildman–Crippen MR) is 64.3 cm³/mol. The molecule has 0 bridgehead atoms. The SMILES string of the molecule is CC(C)c1ccn(-c2nc(N)ncc2[N+](=O)[O-])n1. The molecule has 8 nitrogen and oxygen atoms in total. The van der Waals surface area contributed by atoms with Crippen LogP contribution in [0, 0.1) is 10.1 Å². The molecular weight excluding hydrogens is 236 g/mol. The molecule has 0 aliphatic rings. The van der Waals surface area contributed by atoms with Crippen molar-refractivity contribution in [3.63, 3.8) is 0 Å². The van der Waals surface area contributed by atoms with Crippen LogP contribution in [-0.4, -0.2) is 24.7 Å². The van der Waals surface area contributed by atoms with Crippen LogP contribution in [-0.2, 0) is 0 Å². The van der Waals surface area contributed by atoms with E-state index in [1.165, 1.54) is 4.68 Å². The summed E-state index contributed by atoms with van der Waals surface area (Å²) in [4.78, 5) is 17.8. The van der Waals surface area contributed by atoms with Gasteiger partial charge in [0.25, 0.3) is 0 Å². The average Bonchev–Trinajstić information content (AvgIpc) is 2.77. The predicted octanol–water partition coefficient (Wildman–Crippen LogP) is 1.28. The van der Waals surface area contributed by atoms with E-state index in [2.05, 4.69) is 15.1 Å². The van der Waals surface area contributed by atoms with Crippen molar-refractivity contribution in [2.75, 3.05) is 5.73 Å². The highest BCUT2D eigenvalue weighted by atomic mass is 16.6. The molecule has 0 saturated heterocycles. The number of rotatable bonds is 3. The minimum atomic E-state index is -0.564. The summed E-state index contributed by atoms with van der Waals surface area (Å²) in [5.41, 5.74) is 6.03. The van der Waals surface area contributed by atoms with E-state index in [1.54, 1.807) is 12.3 Å². The summed E-state index contributed by atoms with van der Waals surface area (Å²) in [6, 6.07) is 1.78. The van der Waals surface area contributed by atoms with Gasteiger partial charge in [-0.3, -0.25) is 10.1 Å². The maximum absolute atomic E-state index is 10.9. The summed E-state index contributed by atoms with van der Waals surface area (Å²) in [6.07, 6.45) is 2.69. The second-order valence-electron chi connectivity index (χ2n) is 4.03. The summed E-state index contributed by atoms with van der Waals surface area (Å²) in [5, 5.41) is 15.1. The quantitative estimate of drug-likeness (QED) is 0.646. The lowest BCUT2D eigenvalue weighted by Crippen LogP contribution is -2.07. The normalized spacial score (nSPS) is 10.8. The lowest BCUT2D eigenvalue weighted by Gasteiger charge is -2.03. The van der Waals surface area contributed by atoms with Crippen LogP contribution in [0.3, 0.4) is 0 Å². The summed E-state index contributed by atoms with van der Waals surface area (Å²) < 4.78 is 1.34. The van der Waals surface area contributed by atoms with E-state index in [1.807, 2.05) is 13.8 Å². The number of hydrogen-bond acceptors (Lipinski definition) is 6. The lowest BCUT2D eigenvalue weighted by molar-refractivity contribution is -0.385. The molecule has 0 fully saturated rings. The van der Waals surface area contributed by atoms with Gasteiger partial charge in [0, 0.05) is 6.20 Å². The van der Waals surface area contributed by atoms with Crippen LogP contribution in [0.2, 0.25) is 0 Å². The van der Waals surface area contributed by atoms with Crippen molar-refractivity contribution in [3.05, 3.63) is 34.3 Å². The van der Waals surface area contributed by atoms with Crippen LogP contribution < -0.4 is 5.73 Å². The van der Waals surface area contributed by atoms with Crippen LogP contribution in [0.25, 0.3) is 5.82 Å². The molecule has 0 spiro atoms. The van der Waals surface area contributed by atoms with E-state index in [9.17, 15) is 10.1 Å². The molecule has 2 aromatic rings. The molecule has 2 heterocycles. The standard InChI is InChI=1S/C10H12N6O2/c1-6(2)7-3-4-15(14-7)9-8(16(17)18)5-12-10(11)13-9/h3-6H,1-2H3,(H2,11,12,13). The van der Waals surface area contributed by atoms with Gasteiger partial charge >= 0.3 is 5.69 Å². The van der Waals surface area contributed by atoms with Crippen molar-refractivity contribution >= 4 is 11.6 Å². The highest BCUT2D eigenvalue weighted by molar-refractivity contribution is 5.47. The molecule has 0 aromatic carbocycles. The Balaban J connectivity index is 2.54. The Morgan fingerprint density at radius 2 is 2.22 bits per heavy atom. The minimum Gasteiger partial charge on any atom is -0.368 e. The maximum atomic E-state index is 10.9. The first kappa shape index (κ1) is 12.0. The van der Waals surface area contributed by atoms with Crippen LogP contribution >= 0.6 is 0 Å². The van der Waals surface area contributed by atoms with Gasteiger partial charge in [-0.15, -0.1) is 0 Å². The van der Waals surface area contributed by atoms with Crippen molar-refractivity contribution in [2.45, 2.75) is 19.8 Å². The van der Waals surface area contributed by atoms with Gasteiger partial charge in [-0.2, -0.15) is 10.1 Å². The van der Waals surface area contributed by atoms with Crippen molar-refractivity contribution in [1.29, 1.82) is 0 Å². The largest absolute Gasteiger partial charge is 0.368 e. The Morgan fingerprint density at radius 1 is 1.50 bits per heavy atom. The molecule has 94 valence electrons. The molecule has 0 aliphatic heterocycles. The number of nitrogen functional groups attached to an aromatic ring is 1. The number of anilines is 1. The Labute approximate surface area is 103 Å². The van der Waals surface area contributed by atoms with E-state index in [4.69, 9.17) is 5.73 Å². The molecule has 0 saturated carbocycles. The van der Waals surface area contributed by atoms with Crippen molar-refractivity contribution in [3.8, 4) is 5.82 Å². The van der Waals surface area contributed by atoms with Crippen LogP contribution in [0.4, 0.5) is 11.6 Å². The van der Waals surface area contributed by atoms with Gasteiger partial charge in [0.05, 0.1) is 10.6 Å². The number of nitro groups is 1. The highest BCUT2D eigenvalue weighted by Crippen LogP contribution is 2.21. The van der Waals surface area contributed by atoms with Gasteiger partial charge in [-0.1, -0.05) is 13.8 Å². The first-order valence-electron chi connectivity index (χ1n) is 5.32. The molecular formula is C10H12N6O2. The van der Waals surface area contributed by atoms with E-state index < -0.39 is 4.92 Å². The molecule has 8 heteroatoms. The number of aromatic nitrogens is 4. The minimum absolute atomic E-state index is 0.0304. The third-order valence-electron chi connectivity index (χ3n) is 2.38. The fourth-order valence-electron chi connectivity index (χ4n) is 1.44. The lowest BCUT2D eigenvalue weighted by atomic mass is 10.1. The van der Waals surface area contributed by atoms with E-state index in [-0.39, 0.29) is 23.4 Å². The van der Waals surface area contributed by atoms with Gasteiger partial charge in [0.2, 0.25) is 11.8 Å². The second kappa shape index (κ2) is 4.40. The molecule has 0 unspecified atom stereocenters. The molecule has 2 rings (SSSR count). The van der Waals surface area contributed by atoms with E-state index >= 15 is 0 Å². The number of hydrogen-bond donors (Lipinski definition) is 1. The van der Waals surface area contributed by atoms with Gasteiger partial charge in [0.1, 0.15) is 6.20 Å². The van der Waals surface area contributed by atoms with Gasteiger partial charge in [-0.05, 0) is 12.0 Å². The smallest absolute Gasteiger partial charge is 0.332 e. The zero-order chi connectivity index (χ0) is 13.3. The van der Waals surface area contributed by atoms with E-state index in [0.29, 0.717) is 0 Å². The van der Waals surface area contributed by atoms with Crippen LogP contribution in [0.15, 0.2) is 18.5 Å². The number of nitrogens with zero attached hydrogens (tertiary/aromatic N) is 5. The molecule has 2 N–H and O–H groups in total. The fraction of sp³-hybridized carbons (Fsp3) is 0.300. The monoisotopic (exact) mass is 248 g/mol. The Bertz CT molecular complexity index is 592. The first-order valence-corrected chi connectivity index (χ1v) is 5.32. The molecule has 2 aromatic heterocycles. The molecule has 0 aliphatic carbocycles. The summed E-state index contributed by atoms with van der Waals surface area (Å²) >= 11 is 0. The van der Waals surface area contributed by atoms with E-state index in [0.717, 1.165) is 11.9 Å². The molecule has 18 heavy (non-hydrogen) atoms. The Kier molecular flexibility index (Phi) is 2.92. The van der Waals surface area contributed by atoms with Crippen LogP contribution in [0.1, 0.15) is 25.5 Å². The molecule has 0 atom stereocenters. The maximum Gasteiger partial charge on any atom is 0.332 e. The van der Waals surface area contributed by atoms with Gasteiger partial charge in [0.15, 0.2) is 0 Å². The topological polar surface area (TPSA) is 113 Å². The van der Waals surface area contributed by atoms with Crippen molar-refractivity contribution < 1.29 is 4.92 Å². The van der Waals surface area contributed by atoms with Crippen molar-refractivity contribution in [1.82, 2.24) is 19.7 Å². The third-order valence-corrected chi connectivity index (χ3v) is 2.38. The highest BCUT2D eigenvalue weighted by Gasteiger charge is 2.19. The Morgan fingerprint density at radius 3 is 2.78 bits per heavy atom. The zero-order valence-electron chi connectivity index (χ0n) is 9.94. The number of nitrogens with two attached hydrogens (primary N) is 1. The zero-order valence-corrected chi connectivity index (χ0v) is 9.94. The first-order chi connectivity index (χ1) is 8.49. The van der Waals surface area contributed by atoms with Crippen molar-refractivity contribution in [2.24, 2.45) is 0 Å². The summed E-state index contributed by atoms with van der Waals surface area (Å²) in [6.45, 7) is 3.96. The third kappa shape index (κ3) is 2.12. The second-order valence-corrected chi connectivity index (χ2v) is 4.03. The Hall–Kier alpha value is -2.51.